The van der Waals surface area contributed by atoms with Gasteiger partial charge in [-0.25, -0.2) is 0 Å². The average Bonchev–Trinajstić information content (AvgIpc) is 2.56. The van der Waals surface area contributed by atoms with Crippen LogP contribution >= 0.6 is 0 Å². The number of aliphatic hydroxyl groups excluding tert-OH is 1. The molecule has 25 heavy (non-hydrogen) atoms. The lowest BCUT2D eigenvalue weighted by atomic mass is 9.86. The fourth-order valence-corrected chi connectivity index (χ4v) is 3.15. The summed E-state index contributed by atoms with van der Waals surface area (Å²) in [6.07, 6.45) is -1.71. The highest BCUT2D eigenvalue weighted by Gasteiger charge is 2.48. The van der Waals surface area contributed by atoms with Crippen LogP contribution in [0.3, 0.4) is 0 Å². The molecule has 1 aromatic rings. The molecule has 140 valence electrons. The molecule has 1 aliphatic rings. The summed E-state index contributed by atoms with van der Waals surface area (Å²) in [6, 6.07) is 0. The Morgan fingerprint density at radius 2 is 1.68 bits per heavy atom. The summed E-state index contributed by atoms with van der Waals surface area (Å²) in [4.78, 5) is 12.3. The van der Waals surface area contributed by atoms with Gasteiger partial charge in [0.05, 0.1) is 26.9 Å². The maximum atomic E-state index is 12.3. The van der Waals surface area contributed by atoms with E-state index in [2.05, 4.69) is 0 Å². The van der Waals surface area contributed by atoms with Crippen LogP contribution in [0.2, 0.25) is 0 Å². The molecule has 0 unspecified atom stereocenters. The van der Waals surface area contributed by atoms with Gasteiger partial charge in [0.25, 0.3) is 0 Å². The van der Waals surface area contributed by atoms with E-state index < -0.39 is 17.8 Å². The fraction of sp³-hybridized carbons (Fsp3) is 0.611. The van der Waals surface area contributed by atoms with E-state index >= 15 is 0 Å². The summed E-state index contributed by atoms with van der Waals surface area (Å²) >= 11 is 0. The molecule has 2 atom stereocenters. The standard InChI is InChI=1S/C18H26O7/c1-8-24-15-11-12(21-5)10(9(2)19)13(22-6)16(23-7)14(11)25-18(3,4)17(15)20/h15,17,20H,8H2,1-7H3/t15-,17-/m0/s1. The van der Waals surface area contributed by atoms with Gasteiger partial charge in [-0.15, -0.1) is 0 Å². The third kappa shape index (κ3) is 3.02. The number of aliphatic hydroxyl groups is 1. The Morgan fingerprint density at radius 3 is 2.12 bits per heavy atom. The Balaban J connectivity index is 2.94. The van der Waals surface area contributed by atoms with Crippen LogP contribution in [0, 0.1) is 0 Å². The van der Waals surface area contributed by atoms with Crippen LogP contribution in [0.5, 0.6) is 23.0 Å². The van der Waals surface area contributed by atoms with Gasteiger partial charge in [-0.3, -0.25) is 4.79 Å². The lowest BCUT2D eigenvalue weighted by Crippen LogP contribution is -2.49. The van der Waals surface area contributed by atoms with Crippen LogP contribution in [-0.2, 0) is 4.74 Å². The minimum Gasteiger partial charge on any atom is -0.495 e. The van der Waals surface area contributed by atoms with Gasteiger partial charge in [-0.1, -0.05) is 0 Å². The molecule has 1 heterocycles. The lowest BCUT2D eigenvalue weighted by molar-refractivity contribution is -0.134. The first-order chi connectivity index (χ1) is 11.7. The number of benzene rings is 1. The number of hydrogen-bond acceptors (Lipinski definition) is 7. The molecule has 0 saturated heterocycles. The molecular formula is C18H26O7. The van der Waals surface area contributed by atoms with E-state index in [1.165, 1.54) is 28.3 Å². The summed E-state index contributed by atoms with van der Waals surface area (Å²) in [5.74, 6) is 0.841. The topological polar surface area (TPSA) is 83.5 Å². The fourth-order valence-electron chi connectivity index (χ4n) is 3.15. The van der Waals surface area contributed by atoms with Crippen molar-refractivity contribution >= 4 is 5.78 Å². The number of fused-ring (bicyclic) bond motifs is 1. The first-order valence-corrected chi connectivity index (χ1v) is 8.10. The van der Waals surface area contributed by atoms with Crippen molar-refractivity contribution in [2.75, 3.05) is 27.9 Å². The molecule has 1 aliphatic heterocycles. The predicted octanol–water partition coefficient (Wildman–Crippen LogP) is 2.52. The van der Waals surface area contributed by atoms with Gasteiger partial charge < -0.3 is 28.8 Å². The zero-order valence-corrected chi connectivity index (χ0v) is 15.8. The number of carbonyl (C=O) groups is 1. The highest BCUT2D eigenvalue weighted by molar-refractivity contribution is 6.02. The lowest BCUT2D eigenvalue weighted by Gasteiger charge is -2.43. The normalized spacial score (nSPS) is 21.1. The molecule has 7 heteroatoms. The minimum absolute atomic E-state index is 0.223. The van der Waals surface area contributed by atoms with Crippen LogP contribution < -0.4 is 18.9 Å². The second-order valence-electron chi connectivity index (χ2n) is 6.30. The predicted molar refractivity (Wildman–Crippen MR) is 91.2 cm³/mol. The first kappa shape index (κ1) is 19.3. The number of ketones is 1. The Kier molecular flexibility index (Phi) is 5.49. The second-order valence-corrected chi connectivity index (χ2v) is 6.30. The molecule has 0 aromatic heterocycles. The minimum atomic E-state index is -0.966. The SMILES string of the molecule is CCO[C@H]1c2c(c(OC)c(OC)c(C(C)=O)c2OC)OC(C)(C)[C@H]1O. The maximum absolute atomic E-state index is 12.3. The highest BCUT2D eigenvalue weighted by atomic mass is 16.6. The van der Waals surface area contributed by atoms with Crippen molar-refractivity contribution in [2.24, 2.45) is 0 Å². The molecule has 7 nitrogen and oxygen atoms in total. The monoisotopic (exact) mass is 354 g/mol. The second kappa shape index (κ2) is 7.09. The molecule has 1 aromatic carbocycles. The van der Waals surface area contributed by atoms with E-state index in [4.69, 9.17) is 23.7 Å². The Morgan fingerprint density at radius 1 is 1.12 bits per heavy atom. The third-order valence-corrected chi connectivity index (χ3v) is 4.32. The number of carbonyl (C=O) groups excluding carboxylic acids is 1. The Labute approximate surface area is 147 Å². The first-order valence-electron chi connectivity index (χ1n) is 8.10. The van der Waals surface area contributed by atoms with Gasteiger partial charge in [0.15, 0.2) is 17.3 Å². The molecule has 0 saturated carbocycles. The van der Waals surface area contributed by atoms with Crippen molar-refractivity contribution in [2.45, 2.75) is 45.5 Å². The van der Waals surface area contributed by atoms with E-state index in [1.54, 1.807) is 13.8 Å². The van der Waals surface area contributed by atoms with E-state index in [-0.39, 0.29) is 28.6 Å². The molecule has 0 aliphatic carbocycles. The number of ether oxygens (including phenoxy) is 5. The number of rotatable bonds is 6. The van der Waals surface area contributed by atoms with Gasteiger partial charge in [0.1, 0.15) is 29.1 Å². The molecule has 1 N–H and O–H groups in total. The van der Waals surface area contributed by atoms with Crippen molar-refractivity contribution in [1.29, 1.82) is 0 Å². The molecule has 2 rings (SSSR count). The van der Waals surface area contributed by atoms with E-state index in [1.807, 2.05) is 6.92 Å². The summed E-state index contributed by atoms with van der Waals surface area (Å²) in [5, 5.41) is 10.8. The van der Waals surface area contributed by atoms with Crippen LogP contribution in [0.4, 0.5) is 0 Å². The van der Waals surface area contributed by atoms with Crippen molar-refractivity contribution in [1.82, 2.24) is 0 Å². The number of hydrogen-bond donors (Lipinski definition) is 1. The van der Waals surface area contributed by atoms with Gasteiger partial charge in [0.2, 0.25) is 5.75 Å². The summed E-state index contributed by atoms with van der Waals surface area (Å²) in [5.41, 5.74) is -0.270. The van der Waals surface area contributed by atoms with Crippen molar-refractivity contribution in [3.05, 3.63) is 11.1 Å². The summed E-state index contributed by atoms with van der Waals surface area (Å²) in [6.45, 7) is 7.11. The zero-order valence-electron chi connectivity index (χ0n) is 15.8. The van der Waals surface area contributed by atoms with Gasteiger partial charge >= 0.3 is 0 Å². The maximum Gasteiger partial charge on any atom is 0.204 e. The number of Topliss-reactive ketones (excluding diaryl/α,β-unsaturated/α-hetero) is 1. The third-order valence-electron chi connectivity index (χ3n) is 4.32. The smallest absolute Gasteiger partial charge is 0.204 e. The van der Waals surface area contributed by atoms with Crippen molar-refractivity contribution < 1.29 is 33.6 Å². The average molecular weight is 354 g/mol. The Bertz CT molecular complexity index is 666. The quantitative estimate of drug-likeness (QED) is 0.786. The van der Waals surface area contributed by atoms with Crippen LogP contribution in [0.1, 0.15) is 49.7 Å². The van der Waals surface area contributed by atoms with Crippen molar-refractivity contribution in [3.63, 3.8) is 0 Å². The van der Waals surface area contributed by atoms with Crippen LogP contribution in [0.25, 0.3) is 0 Å². The zero-order chi connectivity index (χ0) is 18.9. The molecule has 0 fully saturated rings. The van der Waals surface area contributed by atoms with E-state index in [0.717, 1.165) is 0 Å². The van der Waals surface area contributed by atoms with Crippen LogP contribution in [-0.4, -0.2) is 50.5 Å². The Hall–Kier alpha value is -1.99. The van der Waals surface area contributed by atoms with E-state index in [9.17, 15) is 9.90 Å². The van der Waals surface area contributed by atoms with Crippen molar-refractivity contribution in [3.8, 4) is 23.0 Å². The van der Waals surface area contributed by atoms with Gasteiger partial charge in [-0.2, -0.15) is 0 Å². The summed E-state index contributed by atoms with van der Waals surface area (Å²) < 4.78 is 28.2. The number of methoxy groups -OCH3 is 3. The molecular weight excluding hydrogens is 328 g/mol. The van der Waals surface area contributed by atoms with Gasteiger partial charge in [-0.05, 0) is 27.7 Å². The highest BCUT2D eigenvalue weighted by Crippen LogP contribution is 2.56. The molecule has 0 bridgehead atoms. The van der Waals surface area contributed by atoms with Gasteiger partial charge in [0, 0.05) is 6.61 Å². The summed E-state index contributed by atoms with van der Waals surface area (Å²) in [7, 11) is 4.35. The molecule has 0 spiro atoms. The molecule has 0 amide bonds. The largest absolute Gasteiger partial charge is 0.495 e. The molecule has 0 radical (unpaired) electrons. The van der Waals surface area contributed by atoms with E-state index in [0.29, 0.717) is 17.9 Å². The van der Waals surface area contributed by atoms with Crippen LogP contribution in [0.15, 0.2) is 0 Å².